The predicted octanol–water partition coefficient (Wildman–Crippen LogP) is 19.0. The maximum atomic E-state index is 13.1. The molecule has 1 rings (SSSR count). The average molecular weight is 962 g/mol. The third-order valence-electron chi connectivity index (χ3n) is 13.3. The summed E-state index contributed by atoms with van der Waals surface area (Å²) in [5.74, 6) is 0.538. The van der Waals surface area contributed by atoms with Gasteiger partial charge in [0.1, 0.15) is 5.75 Å². The molecule has 1 aromatic rings. The third kappa shape index (κ3) is 32.5. The predicted molar refractivity (Wildman–Crippen MR) is 293 cm³/mol. The van der Waals surface area contributed by atoms with Crippen LogP contribution in [-0.4, -0.2) is 46.3 Å². The fourth-order valence-electron chi connectivity index (χ4n) is 9.09. The summed E-state index contributed by atoms with van der Waals surface area (Å²) in [6.45, 7) is 22.9. The second-order valence-corrected chi connectivity index (χ2v) is 25.2. The van der Waals surface area contributed by atoms with Gasteiger partial charge < -0.3 is 14.6 Å². The quantitative estimate of drug-likeness (QED) is 0.0397. The second-order valence-electron chi connectivity index (χ2n) is 22.7. The molecule has 0 spiro atoms. The number of ether oxygens (including phenoxy) is 2. The zero-order valence-electron chi connectivity index (χ0n) is 45.3. The van der Waals surface area contributed by atoms with Crippen molar-refractivity contribution in [3.63, 3.8) is 0 Å². The topological polar surface area (TPSA) is 72.8 Å². The SMILES string of the molecule is CCCCCCCCCCCCCCCCCCOC(=O)CSC(SCC(=O)OCCCCCCCCCCCCCCCCCC)C(C)(C)Cc1cc(C(C)(C)C)c(O)c(C(C)(C)C)c1. The van der Waals surface area contributed by atoms with E-state index >= 15 is 0 Å². The van der Waals surface area contributed by atoms with Gasteiger partial charge in [-0.15, -0.1) is 23.5 Å². The van der Waals surface area contributed by atoms with E-state index in [0.717, 1.165) is 48.8 Å². The molecule has 0 heterocycles. The Kier molecular flexibility index (Phi) is 36.5. The number of phenolic OH excluding ortho intramolecular Hbond substituents is 1. The van der Waals surface area contributed by atoms with Gasteiger partial charge in [-0.1, -0.05) is 274 Å². The van der Waals surface area contributed by atoms with Crippen molar-refractivity contribution >= 4 is 35.5 Å². The zero-order chi connectivity index (χ0) is 48.9. The summed E-state index contributed by atoms with van der Waals surface area (Å²) in [5.41, 5.74) is 2.34. The van der Waals surface area contributed by atoms with Gasteiger partial charge in [-0.3, -0.25) is 9.59 Å². The molecule has 0 saturated carbocycles. The minimum absolute atomic E-state index is 0.0475. The molecule has 0 bridgehead atoms. The van der Waals surface area contributed by atoms with Crippen LogP contribution in [0.1, 0.15) is 291 Å². The van der Waals surface area contributed by atoms with E-state index in [-0.39, 0.29) is 44.3 Å². The Morgan fingerprint density at radius 1 is 0.455 bits per heavy atom. The van der Waals surface area contributed by atoms with Gasteiger partial charge in [0.25, 0.3) is 0 Å². The molecule has 0 atom stereocenters. The molecule has 0 unspecified atom stereocenters. The molecule has 5 nitrogen and oxygen atoms in total. The largest absolute Gasteiger partial charge is 0.507 e. The van der Waals surface area contributed by atoms with E-state index in [1.165, 1.54) is 180 Å². The van der Waals surface area contributed by atoms with Gasteiger partial charge in [-0.25, -0.2) is 0 Å². The Morgan fingerprint density at radius 3 is 0.970 bits per heavy atom. The summed E-state index contributed by atoms with van der Waals surface area (Å²) >= 11 is 3.18. The summed E-state index contributed by atoms with van der Waals surface area (Å²) in [7, 11) is 0. The molecule has 0 aromatic heterocycles. The average Bonchev–Trinajstić information content (AvgIpc) is 3.25. The summed E-state index contributed by atoms with van der Waals surface area (Å²) in [6, 6.07) is 4.33. The maximum Gasteiger partial charge on any atom is 0.315 e. The summed E-state index contributed by atoms with van der Waals surface area (Å²) in [5, 5.41) is 11.4. The van der Waals surface area contributed by atoms with E-state index in [1.54, 1.807) is 23.5 Å². The normalized spacial score (nSPS) is 12.3. The minimum Gasteiger partial charge on any atom is -0.507 e. The van der Waals surface area contributed by atoms with Crippen molar-refractivity contribution in [2.45, 2.75) is 297 Å². The molecular weight excluding hydrogens is 853 g/mol. The molecule has 1 aromatic carbocycles. The Balaban J connectivity index is 2.57. The van der Waals surface area contributed by atoms with Crippen LogP contribution in [0.4, 0.5) is 0 Å². The van der Waals surface area contributed by atoms with Gasteiger partial charge in [0.2, 0.25) is 0 Å². The fourth-order valence-corrected chi connectivity index (χ4v) is 11.7. The van der Waals surface area contributed by atoms with E-state index < -0.39 is 0 Å². The standard InChI is InChI=1S/C59H108O5S2/c1-11-13-15-17-19-21-23-25-27-29-31-33-35-37-39-41-43-63-53(60)48-65-56(59(9,10)47-50-45-51(57(3,4)5)55(62)52(46-50)58(6,7)8)66-49-54(61)64-44-42-40-38-36-34-32-30-28-26-24-22-20-18-16-14-12-2/h45-46,56,62H,11-44,47-49H2,1-10H3. The summed E-state index contributed by atoms with van der Waals surface area (Å²) in [4.78, 5) is 26.2. The van der Waals surface area contributed by atoms with Gasteiger partial charge in [-0.2, -0.15) is 0 Å². The molecule has 0 saturated heterocycles. The van der Waals surface area contributed by atoms with E-state index in [9.17, 15) is 14.7 Å². The number of rotatable bonds is 43. The minimum atomic E-state index is -0.279. The van der Waals surface area contributed by atoms with E-state index in [1.807, 2.05) is 0 Å². The number of aromatic hydroxyl groups is 1. The lowest BCUT2D eigenvalue weighted by Crippen LogP contribution is -2.30. The first-order chi connectivity index (χ1) is 31.5. The molecule has 0 amide bonds. The van der Waals surface area contributed by atoms with Crippen molar-refractivity contribution in [2.24, 2.45) is 5.41 Å². The lowest BCUT2D eigenvalue weighted by atomic mass is 9.76. The molecule has 0 aliphatic heterocycles. The smallest absolute Gasteiger partial charge is 0.315 e. The summed E-state index contributed by atoms with van der Waals surface area (Å²) in [6.07, 6.45) is 43.0. The molecule has 0 fully saturated rings. The molecular formula is C59H108O5S2. The first-order valence-corrected chi connectivity index (χ1v) is 30.0. The Bertz CT molecular complexity index is 1260. The van der Waals surface area contributed by atoms with Crippen molar-refractivity contribution in [3.05, 3.63) is 28.8 Å². The van der Waals surface area contributed by atoms with Crippen molar-refractivity contribution in [1.82, 2.24) is 0 Å². The van der Waals surface area contributed by atoms with E-state index in [2.05, 4.69) is 81.4 Å². The van der Waals surface area contributed by atoms with Gasteiger partial charge in [0, 0.05) is 0 Å². The number of carbonyl (C=O) groups is 2. The van der Waals surface area contributed by atoms with Crippen LogP contribution in [0.25, 0.3) is 0 Å². The third-order valence-corrected chi connectivity index (χ3v) is 16.8. The van der Waals surface area contributed by atoms with Crippen LogP contribution in [0.15, 0.2) is 12.1 Å². The van der Waals surface area contributed by atoms with Crippen LogP contribution in [0, 0.1) is 5.41 Å². The fraction of sp³-hybridized carbons (Fsp3) is 0.864. The molecule has 7 heteroatoms. The summed E-state index contributed by atoms with van der Waals surface area (Å²) < 4.78 is 11.4. The molecule has 0 aliphatic carbocycles. The number of unbranched alkanes of at least 4 members (excludes halogenated alkanes) is 30. The Hall–Kier alpha value is -1.34. The highest BCUT2D eigenvalue weighted by atomic mass is 32.2. The van der Waals surface area contributed by atoms with Crippen molar-refractivity contribution in [1.29, 1.82) is 0 Å². The van der Waals surface area contributed by atoms with E-state index in [4.69, 9.17) is 9.47 Å². The number of benzene rings is 1. The van der Waals surface area contributed by atoms with Crippen LogP contribution < -0.4 is 0 Å². The van der Waals surface area contributed by atoms with Crippen LogP contribution in [0.5, 0.6) is 5.75 Å². The number of hydrogen-bond acceptors (Lipinski definition) is 7. The lowest BCUT2D eigenvalue weighted by molar-refractivity contribution is -0.141. The number of esters is 2. The molecule has 66 heavy (non-hydrogen) atoms. The van der Waals surface area contributed by atoms with Crippen LogP contribution in [0.2, 0.25) is 0 Å². The van der Waals surface area contributed by atoms with Crippen molar-refractivity contribution in [2.75, 3.05) is 24.7 Å². The van der Waals surface area contributed by atoms with E-state index in [0.29, 0.717) is 19.0 Å². The van der Waals surface area contributed by atoms with Crippen molar-refractivity contribution < 1.29 is 24.2 Å². The van der Waals surface area contributed by atoms with Crippen LogP contribution in [0.3, 0.4) is 0 Å². The first-order valence-electron chi connectivity index (χ1n) is 27.9. The maximum absolute atomic E-state index is 13.1. The molecule has 386 valence electrons. The van der Waals surface area contributed by atoms with Crippen LogP contribution in [-0.2, 0) is 36.3 Å². The van der Waals surface area contributed by atoms with Gasteiger partial charge in [0.05, 0.1) is 29.3 Å². The number of thioether (sulfide) groups is 2. The van der Waals surface area contributed by atoms with Gasteiger partial charge in [-0.05, 0) is 52.2 Å². The number of phenols is 1. The highest BCUT2D eigenvalue weighted by molar-refractivity contribution is 8.17. The lowest BCUT2D eigenvalue weighted by Gasteiger charge is -2.35. The van der Waals surface area contributed by atoms with Crippen LogP contribution >= 0.6 is 23.5 Å². The molecule has 1 N–H and O–H groups in total. The highest BCUT2D eigenvalue weighted by Gasteiger charge is 2.34. The molecule has 0 aliphatic rings. The monoisotopic (exact) mass is 961 g/mol. The van der Waals surface area contributed by atoms with Gasteiger partial charge in [0.15, 0.2) is 0 Å². The Labute approximate surface area is 418 Å². The number of hydrogen-bond donors (Lipinski definition) is 1. The van der Waals surface area contributed by atoms with Crippen molar-refractivity contribution in [3.8, 4) is 5.75 Å². The first kappa shape index (κ1) is 62.7. The Morgan fingerprint density at radius 2 is 0.712 bits per heavy atom. The highest BCUT2D eigenvalue weighted by Crippen LogP contribution is 2.45. The zero-order valence-corrected chi connectivity index (χ0v) is 46.9. The second kappa shape index (κ2) is 38.4. The van der Waals surface area contributed by atoms with Gasteiger partial charge >= 0.3 is 11.9 Å². The number of carbonyl (C=O) groups excluding carboxylic acids is 2. The molecule has 0 radical (unpaired) electrons.